The number of rotatable bonds is 1. The lowest BCUT2D eigenvalue weighted by Gasteiger charge is -2.22. The Hall–Kier alpha value is -1.84. The highest BCUT2D eigenvalue weighted by atomic mass is 16.6. The molecule has 3 rings (SSSR count). The van der Waals surface area contributed by atoms with Gasteiger partial charge < -0.3 is 5.32 Å². The van der Waals surface area contributed by atoms with Crippen molar-refractivity contribution in [2.45, 2.75) is 0 Å². The van der Waals surface area contributed by atoms with E-state index >= 15 is 0 Å². The van der Waals surface area contributed by atoms with Crippen LogP contribution < -0.4 is 5.32 Å². The SMILES string of the molecule is O=[N+]([O-])C1=CC2CNC3=CC=CC(=C1)C32. The zero-order valence-electron chi connectivity index (χ0n) is 8.01. The molecule has 2 aliphatic carbocycles. The molecule has 1 fully saturated rings. The number of hydrogen-bond donors (Lipinski definition) is 1. The van der Waals surface area contributed by atoms with Crippen molar-refractivity contribution in [3.63, 3.8) is 0 Å². The summed E-state index contributed by atoms with van der Waals surface area (Å²) >= 11 is 0. The van der Waals surface area contributed by atoms with Gasteiger partial charge >= 0.3 is 0 Å². The molecule has 76 valence electrons. The van der Waals surface area contributed by atoms with Crippen molar-refractivity contribution in [1.29, 1.82) is 0 Å². The topological polar surface area (TPSA) is 55.2 Å². The second kappa shape index (κ2) is 2.82. The first kappa shape index (κ1) is 8.47. The molecule has 1 aliphatic heterocycles. The van der Waals surface area contributed by atoms with Gasteiger partial charge in [0.05, 0.1) is 4.92 Å². The Labute approximate surface area is 86.8 Å². The molecule has 1 N–H and O–H groups in total. The predicted molar refractivity (Wildman–Crippen MR) is 55.4 cm³/mol. The lowest BCUT2D eigenvalue weighted by Crippen LogP contribution is -2.18. The minimum absolute atomic E-state index is 0.223. The highest BCUT2D eigenvalue weighted by Crippen LogP contribution is 2.40. The van der Waals surface area contributed by atoms with E-state index in [2.05, 4.69) is 5.32 Å². The molecular weight excluding hydrogens is 192 g/mol. The van der Waals surface area contributed by atoms with Crippen molar-refractivity contribution in [3.05, 3.63) is 57.5 Å². The summed E-state index contributed by atoms with van der Waals surface area (Å²) < 4.78 is 0. The van der Waals surface area contributed by atoms with Gasteiger partial charge in [-0.25, -0.2) is 0 Å². The summed E-state index contributed by atoms with van der Waals surface area (Å²) in [5.41, 5.74) is 2.46. The number of nitrogens with zero attached hydrogens (tertiary/aromatic N) is 1. The van der Waals surface area contributed by atoms with Crippen LogP contribution in [0.2, 0.25) is 0 Å². The van der Waals surface area contributed by atoms with Gasteiger partial charge in [-0.05, 0) is 17.7 Å². The van der Waals surface area contributed by atoms with Gasteiger partial charge in [0.15, 0.2) is 0 Å². The molecule has 3 aliphatic rings. The van der Waals surface area contributed by atoms with E-state index in [9.17, 15) is 10.1 Å². The molecule has 0 saturated carbocycles. The molecule has 0 bridgehead atoms. The van der Waals surface area contributed by atoms with Gasteiger partial charge in [0.25, 0.3) is 5.70 Å². The zero-order chi connectivity index (χ0) is 10.4. The van der Waals surface area contributed by atoms with E-state index < -0.39 is 0 Å². The van der Waals surface area contributed by atoms with E-state index in [0.29, 0.717) is 5.92 Å². The minimum atomic E-state index is -0.312. The summed E-state index contributed by atoms with van der Waals surface area (Å²) in [5, 5.41) is 14.0. The third-order valence-electron chi connectivity index (χ3n) is 3.14. The van der Waals surface area contributed by atoms with E-state index in [1.807, 2.05) is 18.2 Å². The first-order valence-electron chi connectivity index (χ1n) is 4.95. The van der Waals surface area contributed by atoms with E-state index in [4.69, 9.17) is 0 Å². The second-order valence-electron chi connectivity index (χ2n) is 4.00. The lowest BCUT2D eigenvalue weighted by molar-refractivity contribution is -0.419. The van der Waals surface area contributed by atoms with Crippen LogP contribution in [0.25, 0.3) is 0 Å². The van der Waals surface area contributed by atoms with Crippen molar-refractivity contribution < 1.29 is 4.92 Å². The average molecular weight is 202 g/mol. The molecule has 0 aromatic carbocycles. The van der Waals surface area contributed by atoms with E-state index in [0.717, 1.165) is 12.1 Å². The molecule has 0 spiro atoms. The second-order valence-corrected chi connectivity index (χ2v) is 4.00. The Morgan fingerprint density at radius 2 is 2.40 bits per heavy atom. The van der Waals surface area contributed by atoms with Crippen LogP contribution >= 0.6 is 0 Å². The summed E-state index contributed by atoms with van der Waals surface area (Å²) in [6.45, 7) is 0.798. The van der Waals surface area contributed by atoms with Gasteiger partial charge in [0.2, 0.25) is 0 Å². The molecule has 0 aromatic heterocycles. The predicted octanol–water partition coefficient (Wildman–Crippen LogP) is 1.38. The monoisotopic (exact) mass is 202 g/mol. The summed E-state index contributed by atoms with van der Waals surface area (Å²) in [5.74, 6) is 0.556. The maximum atomic E-state index is 10.7. The van der Waals surface area contributed by atoms with Crippen LogP contribution in [-0.2, 0) is 0 Å². The van der Waals surface area contributed by atoms with Crippen LogP contribution in [0, 0.1) is 22.0 Å². The standard InChI is InChI=1S/C11H10N2O2/c14-13(15)9-4-7-2-1-3-10-11(7)8(5-9)6-12-10/h1-5,8,11-12H,6H2. The summed E-state index contributed by atoms with van der Waals surface area (Å²) in [7, 11) is 0. The molecule has 1 saturated heterocycles. The number of nitro groups is 1. The van der Waals surface area contributed by atoms with E-state index in [1.165, 1.54) is 5.70 Å². The molecule has 4 nitrogen and oxygen atoms in total. The van der Waals surface area contributed by atoms with Crippen LogP contribution in [0.5, 0.6) is 0 Å². The fourth-order valence-electron chi connectivity index (χ4n) is 2.49. The Morgan fingerprint density at radius 1 is 1.53 bits per heavy atom. The number of nitrogens with one attached hydrogen (secondary N) is 1. The molecule has 4 heteroatoms. The van der Waals surface area contributed by atoms with Gasteiger partial charge in [0.1, 0.15) is 0 Å². The average Bonchev–Trinajstić information content (AvgIpc) is 2.64. The van der Waals surface area contributed by atoms with Crippen molar-refractivity contribution in [3.8, 4) is 0 Å². The molecule has 0 amide bonds. The van der Waals surface area contributed by atoms with Crippen LogP contribution in [-0.4, -0.2) is 11.5 Å². The first-order chi connectivity index (χ1) is 7.25. The normalized spacial score (nSPS) is 31.1. The molecule has 2 atom stereocenters. The summed E-state index contributed by atoms with van der Waals surface area (Å²) in [6.07, 6.45) is 9.40. The van der Waals surface area contributed by atoms with E-state index in [-0.39, 0.29) is 16.5 Å². The van der Waals surface area contributed by atoms with Gasteiger partial charge in [-0.3, -0.25) is 10.1 Å². The zero-order valence-corrected chi connectivity index (χ0v) is 8.01. The largest absolute Gasteiger partial charge is 0.387 e. The van der Waals surface area contributed by atoms with Crippen LogP contribution in [0.4, 0.5) is 0 Å². The maximum Gasteiger partial charge on any atom is 0.266 e. The summed E-state index contributed by atoms with van der Waals surface area (Å²) in [6, 6.07) is 0. The fourth-order valence-corrected chi connectivity index (χ4v) is 2.49. The molecule has 1 heterocycles. The third kappa shape index (κ3) is 1.14. The number of hydrogen-bond acceptors (Lipinski definition) is 3. The maximum absolute atomic E-state index is 10.7. The first-order valence-corrected chi connectivity index (χ1v) is 4.95. The lowest BCUT2D eigenvalue weighted by atomic mass is 9.80. The minimum Gasteiger partial charge on any atom is -0.387 e. The highest BCUT2D eigenvalue weighted by molar-refractivity contribution is 5.46. The Balaban J connectivity index is 2.08. The smallest absolute Gasteiger partial charge is 0.266 e. The van der Waals surface area contributed by atoms with E-state index in [1.54, 1.807) is 12.2 Å². The van der Waals surface area contributed by atoms with Crippen molar-refractivity contribution in [1.82, 2.24) is 5.32 Å². The molecule has 2 unspecified atom stereocenters. The van der Waals surface area contributed by atoms with Gasteiger partial charge in [-0.15, -0.1) is 0 Å². The van der Waals surface area contributed by atoms with Crippen LogP contribution in [0.3, 0.4) is 0 Å². The van der Waals surface area contributed by atoms with Gasteiger partial charge in [-0.2, -0.15) is 0 Å². The quantitative estimate of drug-likeness (QED) is 0.516. The van der Waals surface area contributed by atoms with Crippen molar-refractivity contribution in [2.75, 3.05) is 6.54 Å². The number of allylic oxidation sites excluding steroid dienone is 5. The summed E-state index contributed by atoms with van der Waals surface area (Å²) in [4.78, 5) is 10.4. The van der Waals surface area contributed by atoms with Crippen molar-refractivity contribution in [2.24, 2.45) is 11.8 Å². The van der Waals surface area contributed by atoms with Crippen molar-refractivity contribution >= 4 is 0 Å². The Bertz CT molecular complexity index is 457. The van der Waals surface area contributed by atoms with Crippen LogP contribution in [0.1, 0.15) is 0 Å². The van der Waals surface area contributed by atoms with Gasteiger partial charge in [-0.1, -0.05) is 12.2 Å². The van der Waals surface area contributed by atoms with Gasteiger partial charge in [0, 0.05) is 30.2 Å². The fraction of sp³-hybridized carbons (Fsp3) is 0.273. The molecule has 15 heavy (non-hydrogen) atoms. The Morgan fingerprint density at radius 3 is 3.20 bits per heavy atom. The molecular formula is C11H10N2O2. The Kier molecular flexibility index (Phi) is 1.59. The highest BCUT2D eigenvalue weighted by Gasteiger charge is 2.37. The molecule has 0 radical (unpaired) electrons. The van der Waals surface area contributed by atoms with Crippen LogP contribution in [0.15, 0.2) is 47.3 Å². The molecule has 0 aromatic rings. The third-order valence-corrected chi connectivity index (χ3v) is 3.14.